The minimum Gasteiger partial charge on any atom is -0.448 e. The SMILES string of the molecule is COCC[C@@H](COC(=O)N1CC(C)(C)OC1(C)C)N(Cc1ccccc1)Cc1ccccc1. The van der Waals surface area contributed by atoms with Crippen molar-refractivity contribution in [2.75, 3.05) is 26.9 Å². The monoisotopic (exact) mass is 454 g/mol. The van der Waals surface area contributed by atoms with E-state index >= 15 is 0 Å². The summed E-state index contributed by atoms with van der Waals surface area (Å²) in [5.41, 5.74) is 1.34. The standard InChI is InChI=1S/C27H38N2O4/c1-26(2)21-29(27(3,4)33-26)25(30)32-20-24(16-17-31-5)28(18-22-12-8-6-9-13-22)19-23-14-10-7-11-15-23/h6-15,24H,16-21H2,1-5H3/t24-/m0/s1. The van der Waals surface area contributed by atoms with Crippen molar-refractivity contribution in [3.8, 4) is 0 Å². The summed E-state index contributed by atoms with van der Waals surface area (Å²) in [4.78, 5) is 17.1. The van der Waals surface area contributed by atoms with E-state index in [1.54, 1.807) is 12.0 Å². The fourth-order valence-corrected chi connectivity index (χ4v) is 4.44. The summed E-state index contributed by atoms with van der Waals surface area (Å²) in [6, 6.07) is 20.8. The van der Waals surface area contributed by atoms with Gasteiger partial charge in [0, 0.05) is 32.8 Å². The predicted octanol–water partition coefficient (Wildman–Crippen LogP) is 5.08. The molecular formula is C27H38N2O4. The first kappa shape index (κ1) is 25.2. The third-order valence-electron chi connectivity index (χ3n) is 5.96. The molecule has 1 fully saturated rings. The van der Waals surface area contributed by atoms with Crippen LogP contribution >= 0.6 is 0 Å². The number of carbonyl (C=O) groups is 1. The Labute approximate surface area is 198 Å². The Balaban J connectivity index is 1.75. The molecule has 0 aliphatic carbocycles. The molecule has 1 saturated heterocycles. The Bertz CT molecular complexity index is 829. The van der Waals surface area contributed by atoms with E-state index in [2.05, 4.69) is 53.4 Å². The van der Waals surface area contributed by atoms with E-state index in [1.807, 2.05) is 39.8 Å². The molecule has 2 aromatic rings. The molecule has 3 rings (SSSR count). The molecule has 0 radical (unpaired) electrons. The molecule has 1 atom stereocenters. The van der Waals surface area contributed by atoms with Crippen LogP contribution in [-0.4, -0.2) is 60.1 Å². The van der Waals surface area contributed by atoms with Gasteiger partial charge in [-0.2, -0.15) is 0 Å². The van der Waals surface area contributed by atoms with E-state index in [-0.39, 0.29) is 18.7 Å². The van der Waals surface area contributed by atoms with Crippen LogP contribution in [0.15, 0.2) is 60.7 Å². The van der Waals surface area contributed by atoms with Gasteiger partial charge in [-0.15, -0.1) is 0 Å². The van der Waals surface area contributed by atoms with E-state index in [0.717, 1.165) is 19.5 Å². The summed E-state index contributed by atoms with van der Waals surface area (Å²) in [5, 5.41) is 0. The molecule has 0 unspecified atom stereocenters. The van der Waals surface area contributed by atoms with Crippen molar-refractivity contribution in [2.24, 2.45) is 0 Å². The molecule has 180 valence electrons. The molecule has 6 nitrogen and oxygen atoms in total. The quantitative estimate of drug-likeness (QED) is 0.501. The second-order valence-corrected chi connectivity index (χ2v) is 9.78. The molecule has 1 aliphatic heterocycles. The zero-order chi connectivity index (χ0) is 23.9. The van der Waals surface area contributed by atoms with Crippen molar-refractivity contribution in [3.05, 3.63) is 71.8 Å². The Morgan fingerprint density at radius 3 is 2.00 bits per heavy atom. The van der Waals surface area contributed by atoms with Gasteiger partial charge in [0.15, 0.2) is 0 Å². The Kier molecular flexibility index (Phi) is 8.51. The number of hydrogen-bond donors (Lipinski definition) is 0. The summed E-state index contributed by atoms with van der Waals surface area (Å²) in [6.45, 7) is 10.7. The first-order valence-electron chi connectivity index (χ1n) is 11.7. The lowest BCUT2D eigenvalue weighted by Gasteiger charge is -2.33. The molecule has 0 spiro atoms. The van der Waals surface area contributed by atoms with Crippen LogP contribution in [0.4, 0.5) is 4.79 Å². The van der Waals surface area contributed by atoms with Crippen LogP contribution in [0.5, 0.6) is 0 Å². The molecule has 2 aromatic carbocycles. The fourth-order valence-electron chi connectivity index (χ4n) is 4.44. The Morgan fingerprint density at radius 2 is 1.55 bits per heavy atom. The van der Waals surface area contributed by atoms with Gasteiger partial charge in [0.1, 0.15) is 12.3 Å². The number of benzene rings is 2. The van der Waals surface area contributed by atoms with Crippen molar-refractivity contribution < 1.29 is 19.0 Å². The van der Waals surface area contributed by atoms with Gasteiger partial charge in [-0.3, -0.25) is 9.80 Å². The van der Waals surface area contributed by atoms with E-state index < -0.39 is 11.3 Å². The van der Waals surface area contributed by atoms with Gasteiger partial charge < -0.3 is 14.2 Å². The van der Waals surface area contributed by atoms with Crippen LogP contribution in [0.25, 0.3) is 0 Å². The van der Waals surface area contributed by atoms with Crippen LogP contribution in [0, 0.1) is 0 Å². The summed E-state index contributed by atoms with van der Waals surface area (Å²) < 4.78 is 17.3. The topological polar surface area (TPSA) is 51.2 Å². The van der Waals surface area contributed by atoms with Gasteiger partial charge in [0.2, 0.25) is 0 Å². The van der Waals surface area contributed by atoms with Gasteiger partial charge in [-0.05, 0) is 45.2 Å². The van der Waals surface area contributed by atoms with Gasteiger partial charge in [-0.1, -0.05) is 60.7 Å². The molecular weight excluding hydrogens is 416 g/mol. The average Bonchev–Trinajstić information content (AvgIpc) is 3.01. The molecule has 6 heteroatoms. The maximum atomic E-state index is 13.0. The van der Waals surface area contributed by atoms with Crippen molar-refractivity contribution in [1.82, 2.24) is 9.80 Å². The highest BCUT2D eigenvalue weighted by atomic mass is 16.6. The average molecular weight is 455 g/mol. The van der Waals surface area contributed by atoms with E-state index in [1.165, 1.54) is 11.1 Å². The fraction of sp³-hybridized carbons (Fsp3) is 0.519. The number of ether oxygens (including phenoxy) is 3. The predicted molar refractivity (Wildman–Crippen MR) is 130 cm³/mol. The lowest BCUT2D eigenvalue weighted by Crippen LogP contribution is -2.46. The van der Waals surface area contributed by atoms with Crippen LogP contribution in [0.3, 0.4) is 0 Å². The molecule has 33 heavy (non-hydrogen) atoms. The minimum atomic E-state index is -0.698. The van der Waals surface area contributed by atoms with Gasteiger partial charge in [-0.25, -0.2) is 4.79 Å². The van der Waals surface area contributed by atoms with Gasteiger partial charge >= 0.3 is 6.09 Å². The van der Waals surface area contributed by atoms with Crippen LogP contribution in [0.1, 0.15) is 45.2 Å². The largest absolute Gasteiger partial charge is 0.448 e. The van der Waals surface area contributed by atoms with Crippen LogP contribution in [0.2, 0.25) is 0 Å². The van der Waals surface area contributed by atoms with Gasteiger partial charge in [0.05, 0.1) is 12.1 Å². The Morgan fingerprint density at radius 1 is 1.00 bits per heavy atom. The highest BCUT2D eigenvalue weighted by Crippen LogP contribution is 2.33. The van der Waals surface area contributed by atoms with Crippen LogP contribution < -0.4 is 0 Å². The molecule has 1 amide bonds. The summed E-state index contributed by atoms with van der Waals surface area (Å²) >= 11 is 0. The lowest BCUT2D eigenvalue weighted by atomic mass is 10.1. The number of nitrogens with zero attached hydrogens (tertiary/aromatic N) is 2. The van der Waals surface area contributed by atoms with E-state index in [9.17, 15) is 4.79 Å². The maximum Gasteiger partial charge on any atom is 0.412 e. The van der Waals surface area contributed by atoms with Crippen LogP contribution in [-0.2, 0) is 27.3 Å². The number of rotatable bonds is 10. The molecule has 0 bridgehead atoms. The third kappa shape index (κ3) is 7.29. The minimum absolute atomic E-state index is 0.00829. The van der Waals surface area contributed by atoms with E-state index in [4.69, 9.17) is 14.2 Å². The second kappa shape index (κ2) is 11.1. The zero-order valence-electron chi connectivity index (χ0n) is 20.6. The normalized spacial score (nSPS) is 17.8. The first-order valence-corrected chi connectivity index (χ1v) is 11.7. The highest BCUT2D eigenvalue weighted by molar-refractivity contribution is 5.69. The number of amides is 1. The molecule has 0 N–H and O–H groups in total. The summed E-state index contributed by atoms with van der Waals surface area (Å²) in [5.74, 6) is 0. The van der Waals surface area contributed by atoms with E-state index in [0.29, 0.717) is 13.2 Å². The number of methoxy groups -OCH3 is 1. The molecule has 0 saturated carbocycles. The van der Waals surface area contributed by atoms with Crippen molar-refractivity contribution in [1.29, 1.82) is 0 Å². The summed E-state index contributed by atoms with van der Waals surface area (Å²) in [6.07, 6.45) is 0.418. The molecule has 1 heterocycles. The smallest absolute Gasteiger partial charge is 0.412 e. The first-order chi connectivity index (χ1) is 15.7. The van der Waals surface area contributed by atoms with Crippen molar-refractivity contribution >= 4 is 6.09 Å². The lowest BCUT2D eigenvalue weighted by molar-refractivity contribution is -0.0994. The van der Waals surface area contributed by atoms with Crippen molar-refractivity contribution in [2.45, 2.75) is 64.6 Å². The highest BCUT2D eigenvalue weighted by Gasteiger charge is 2.47. The Hall–Kier alpha value is -2.41. The third-order valence-corrected chi connectivity index (χ3v) is 5.96. The number of carbonyl (C=O) groups excluding carboxylic acids is 1. The zero-order valence-corrected chi connectivity index (χ0v) is 20.6. The number of hydrogen-bond acceptors (Lipinski definition) is 5. The maximum absolute atomic E-state index is 13.0. The van der Waals surface area contributed by atoms with Crippen molar-refractivity contribution in [3.63, 3.8) is 0 Å². The molecule has 1 aliphatic rings. The second-order valence-electron chi connectivity index (χ2n) is 9.78. The molecule has 0 aromatic heterocycles. The van der Waals surface area contributed by atoms with Gasteiger partial charge in [0.25, 0.3) is 0 Å². The summed E-state index contributed by atoms with van der Waals surface area (Å²) in [7, 11) is 1.70.